The van der Waals surface area contributed by atoms with Crippen LogP contribution < -0.4 is 4.74 Å². The number of pyridine rings is 1. The van der Waals surface area contributed by atoms with Gasteiger partial charge in [0.05, 0.1) is 22.5 Å². The molecule has 4 heteroatoms. The molecule has 50 heavy (non-hydrogen) atoms. The molecule has 0 radical (unpaired) electrons. The predicted molar refractivity (Wildman–Crippen MR) is 199 cm³/mol. The maximum atomic E-state index is 6.86. The largest absolute Gasteiger partial charge is 0.456 e. The molecule has 3 heterocycles. The van der Waals surface area contributed by atoms with E-state index >= 15 is 0 Å². The van der Waals surface area contributed by atoms with Crippen LogP contribution in [0.25, 0.3) is 56.3 Å². The lowest BCUT2D eigenvalue weighted by atomic mass is 9.65. The zero-order valence-corrected chi connectivity index (χ0v) is 27.0. The smallest absolute Gasteiger partial charge is 0.161 e. The molecule has 0 atom stereocenters. The summed E-state index contributed by atoms with van der Waals surface area (Å²) < 4.78 is 6.86. The van der Waals surface area contributed by atoms with Crippen molar-refractivity contribution in [2.75, 3.05) is 0 Å². The van der Waals surface area contributed by atoms with Crippen molar-refractivity contribution in [1.29, 1.82) is 0 Å². The Kier molecular flexibility index (Phi) is 6.36. The molecule has 1 aliphatic carbocycles. The fourth-order valence-corrected chi connectivity index (χ4v) is 7.86. The van der Waals surface area contributed by atoms with Crippen LogP contribution in [0, 0.1) is 0 Å². The fraction of sp³-hybridized carbons (Fsp3) is 0.0217. The second-order valence-electron chi connectivity index (χ2n) is 12.7. The van der Waals surface area contributed by atoms with Gasteiger partial charge in [0.25, 0.3) is 0 Å². The molecule has 2 aliphatic rings. The summed E-state index contributed by atoms with van der Waals surface area (Å²) in [6.07, 6.45) is 1.88. The Labute approximate surface area is 290 Å². The molecule has 0 N–H and O–H groups in total. The monoisotopic (exact) mass is 639 g/mol. The van der Waals surface area contributed by atoms with Crippen LogP contribution in [0.2, 0.25) is 0 Å². The zero-order chi connectivity index (χ0) is 33.1. The van der Waals surface area contributed by atoms with Crippen LogP contribution >= 0.6 is 0 Å². The summed E-state index contributed by atoms with van der Waals surface area (Å²) in [5.74, 6) is 2.31. The topological polar surface area (TPSA) is 47.9 Å². The van der Waals surface area contributed by atoms with E-state index in [1.165, 1.54) is 22.3 Å². The molecule has 0 amide bonds. The molecule has 0 unspecified atom stereocenters. The zero-order valence-electron chi connectivity index (χ0n) is 27.0. The second kappa shape index (κ2) is 11.2. The van der Waals surface area contributed by atoms with E-state index in [0.717, 1.165) is 62.0 Å². The van der Waals surface area contributed by atoms with E-state index in [2.05, 4.69) is 127 Å². The summed E-state index contributed by atoms with van der Waals surface area (Å²) in [5.41, 5.74) is 13.2. The van der Waals surface area contributed by atoms with E-state index in [1.54, 1.807) is 0 Å². The van der Waals surface area contributed by atoms with Crippen molar-refractivity contribution >= 4 is 0 Å². The first-order chi connectivity index (χ1) is 24.8. The molecule has 0 saturated carbocycles. The summed E-state index contributed by atoms with van der Waals surface area (Å²) in [6.45, 7) is 0. The molecule has 0 bridgehead atoms. The maximum Gasteiger partial charge on any atom is 0.161 e. The average molecular weight is 640 g/mol. The van der Waals surface area contributed by atoms with Crippen molar-refractivity contribution in [3.63, 3.8) is 0 Å². The van der Waals surface area contributed by atoms with Crippen LogP contribution in [0.3, 0.4) is 0 Å². The van der Waals surface area contributed by atoms with Gasteiger partial charge in [0.1, 0.15) is 11.5 Å². The number of aromatic nitrogens is 3. The van der Waals surface area contributed by atoms with Crippen molar-refractivity contribution in [3.8, 4) is 67.8 Å². The third kappa shape index (κ3) is 4.22. The number of benzene rings is 6. The second-order valence-corrected chi connectivity index (χ2v) is 12.7. The summed E-state index contributed by atoms with van der Waals surface area (Å²) >= 11 is 0. The highest BCUT2D eigenvalue weighted by molar-refractivity contribution is 5.90. The Hall–Kier alpha value is -6.65. The quantitative estimate of drug-likeness (QED) is 0.192. The molecule has 234 valence electrons. The van der Waals surface area contributed by atoms with Crippen molar-refractivity contribution in [1.82, 2.24) is 15.0 Å². The van der Waals surface area contributed by atoms with Crippen molar-refractivity contribution in [3.05, 3.63) is 198 Å². The molecule has 6 aromatic carbocycles. The molecule has 1 spiro atoms. The van der Waals surface area contributed by atoms with Gasteiger partial charge in [-0.1, -0.05) is 140 Å². The number of para-hydroxylation sites is 2. The Bertz CT molecular complexity index is 2460. The SMILES string of the molecule is c1ccc(-c2cc(-c3ccccc3)nc(-c3ccc(-c4cccc5c4Oc4ccccc4C54c5ccccc5-c5ccccc54)nc3)n2)cc1. The molecule has 2 aromatic heterocycles. The molecular weight excluding hydrogens is 611 g/mol. The van der Waals surface area contributed by atoms with Gasteiger partial charge in [-0.15, -0.1) is 0 Å². The van der Waals surface area contributed by atoms with E-state index in [9.17, 15) is 0 Å². The number of fused-ring (bicyclic) bond motifs is 9. The lowest BCUT2D eigenvalue weighted by Gasteiger charge is -2.40. The van der Waals surface area contributed by atoms with Crippen molar-refractivity contribution < 1.29 is 4.74 Å². The highest BCUT2D eigenvalue weighted by Gasteiger charge is 2.51. The van der Waals surface area contributed by atoms with Crippen LogP contribution in [-0.4, -0.2) is 15.0 Å². The fourth-order valence-electron chi connectivity index (χ4n) is 7.86. The minimum atomic E-state index is -0.521. The molecule has 1 aliphatic heterocycles. The van der Waals surface area contributed by atoms with Crippen LogP contribution in [0.5, 0.6) is 11.5 Å². The minimum absolute atomic E-state index is 0.521. The van der Waals surface area contributed by atoms with Gasteiger partial charge < -0.3 is 4.74 Å². The predicted octanol–water partition coefficient (Wildman–Crippen LogP) is 11.0. The van der Waals surface area contributed by atoms with Crippen molar-refractivity contribution in [2.45, 2.75) is 5.41 Å². The Morgan fingerprint density at radius 2 is 0.940 bits per heavy atom. The van der Waals surface area contributed by atoms with Gasteiger partial charge in [-0.25, -0.2) is 9.97 Å². The van der Waals surface area contributed by atoms with E-state index in [-0.39, 0.29) is 0 Å². The molecule has 0 fully saturated rings. The highest BCUT2D eigenvalue weighted by atomic mass is 16.5. The van der Waals surface area contributed by atoms with Gasteiger partial charge in [-0.2, -0.15) is 0 Å². The van der Waals surface area contributed by atoms with Gasteiger partial charge in [-0.05, 0) is 52.6 Å². The van der Waals surface area contributed by atoms with Gasteiger partial charge in [0, 0.05) is 39.6 Å². The van der Waals surface area contributed by atoms with Crippen LogP contribution in [0.15, 0.2) is 176 Å². The van der Waals surface area contributed by atoms with E-state index in [4.69, 9.17) is 19.7 Å². The molecule has 10 rings (SSSR count). The third-order valence-electron chi connectivity index (χ3n) is 10.0. The first-order valence-corrected chi connectivity index (χ1v) is 16.9. The average Bonchev–Trinajstić information content (AvgIpc) is 3.49. The lowest BCUT2D eigenvalue weighted by Crippen LogP contribution is -2.32. The maximum absolute atomic E-state index is 6.86. The molecule has 0 saturated heterocycles. The Balaban J connectivity index is 1.13. The van der Waals surface area contributed by atoms with Gasteiger partial charge in [0.15, 0.2) is 5.82 Å². The van der Waals surface area contributed by atoms with Gasteiger partial charge in [0.2, 0.25) is 0 Å². The number of hydrogen-bond donors (Lipinski definition) is 0. The summed E-state index contributed by atoms with van der Waals surface area (Å²) in [6, 6.07) is 59.1. The first-order valence-electron chi connectivity index (χ1n) is 16.9. The minimum Gasteiger partial charge on any atom is -0.456 e. The van der Waals surface area contributed by atoms with Gasteiger partial charge >= 0.3 is 0 Å². The summed E-state index contributed by atoms with van der Waals surface area (Å²) in [5, 5.41) is 0. The Morgan fingerprint density at radius 3 is 1.56 bits per heavy atom. The van der Waals surface area contributed by atoms with Crippen molar-refractivity contribution in [2.24, 2.45) is 0 Å². The number of ether oxygens (including phenoxy) is 1. The number of hydrogen-bond acceptors (Lipinski definition) is 4. The first kappa shape index (κ1) is 28.4. The summed E-state index contributed by atoms with van der Waals surface area (Å²) in [4.78, 5) is 15.1. The third-order valence-corrected chi connectivity index (χ3v) is 10.0. The normalized spacial score (nSPS) is 13.1. The highest BCUT2D eigenvalue weighted by Crippen LogP contribution is 2.63. The van der Waals surface area contributed by atoms with E-state index in [1.807, 2.05) is 48.7 Å². The Morgan fingerprint density at radius 1 is 0.400 bits per heavy atom. The number of rotatable bonds is 4. The van der Waals surface area contributed by atoms with Crippen LogP contribution in [0.4, 0.5) is 0 Å². The molecular formula is C46H29N3O. The molecule has 8 aromatic rings. The van der Waals surface area contributed by atoms with Crippen LogP contribution in [-0.2, 0) is 5.41 Å². The molecule has 4 nitrogen and oxygen atoms in total. The van der Waals surface area contributed by atoms with Gasteiger partial charge in [-0.3, -0.25) is 4.98 Å². The standard InChI is InChI=1S/C46H29N3O/c1-3-14-30(15-4-1)41-28-42(31-16-5-2-6-17-31)49-45(48-41)32-26-27-40(47-29-32)35-20-13-24-39-44(35)50-43-25-12-11-23-38(43)46(39)36-21-9-7-18-33(36)34-19-8-10-22-37(34)46/h1-29H. The van der Waals surface area contributed by atoms with E-state index < -0.39 is 5.41 Å². The summed E-state index contributed by atoms with van der Waals surface area (Å²) in [7, 11) is 0. The van der Waals surface area contributed by atoms with E-state index in [0.29, 0.717) is 5.82 Å². The number of nitrogens with zero attached hydrogens (tertiary/aromatic N) is 3. The van der Waals surface area contributed by atoms with Crippen LogP contribution in [0.1, 0.15) is 22.3 Å². The lowest BCUT2D eigenvalue weighted by molar-refractivity contribution is 0.438.